The van der Waals surface area contributed by atoms with Crippen molar-refractivity contribution in [1.82, 2.24) is 5.32 Å². The second-order valence-corrected chi connectivity index (χ2v) is 2.79. The zero-order valence-corrected chi connectivity index (χ0v) is 5.61. The van der Waals surface area contributed by atoms with E-state index in [2.05, 4.69) is 17.9 Å². The highest BCUT2D eigenvalue weighted by atomic mass is 32.1. The van der Waals surface area contributed by atoms with Crippen LogP contribution >= 0.6 is 12.6 Å². The Kier molecular flexibility index (Phi) is 1.47. The van der Waals surface area contributed by atoms with Crippen LogP contribution in [-0.4, -0.2) is 17.2 Å². The lowest BCUT2D eigenvalue weighted by molar-refractivity contribution is -0.119. The molecule has 0 bridgehead atoms. The van der Waals surface area contributed by atoms with Gasteiger partial charge in [0.15, 0.2) is 0 Å². The summed E-state index contributed by atoms with van der Waals surface area (Å²) >= 11 is 4.16. The summed E-state index contributed by atoms with van der Waals surface area (Å²) in [5.74, 6) is 0.123. The Bertz CT molecular complexity index is 103. The highest BCUT2D eigenvalue weighted by molar-refractivity contribution is 7.81. The third-order valence-corrected chi connectivity index (χ3v) is 1.99. The smallest absolute Gasteiger partial charge is 0.221 e. The van der Waals surface area contributed by atoms with Gasteiger partial charge in [-0.25, -0.2) is 0 Å². The summed E-state index contributed by atoms with van der Waals surface area (Å²) < 4.78 is 0. The molecule has 1 amide bonds. The molecule has 1 aliphatic rings. The van der Waals surface area contributed by atoms with Crippen LogP contribution in [0.25, 0.3) is 0 Å². The van der Waals surface area contributed by atoms with E-state index in [0.717, 1.165) is 0 Å². The second-order valence-electron chi connectivity index (χ2n) is 2.13. The molecular weight excluding hydrogens is 122 g/mol. The van der Waals surface area contributed by atoms with Crippen LogP contribution in [0, 0.1) is 0 Å². The lowest BCUT2D eigenvalue weighted by atomic mass is 10.2. The van der Waals surface area contributed by atoms with Crippen molar-refractivity contribution in [2.75, 3.05) is 0 Å². The van der Waals surface area contributed by atoms with E-state index in [1.807, 2.05) is 6.92 Å². The maximum Gasteiger partial charge on any atom is 0.221 e. The van der Waals surface area contributed by atoms with E-state index in [1.165, 1.54) is 0 Å². The van der Waals surface area contributed by atoms with Crippen LogP contribution < -0.4 is 5.32 Å². The quantitative estimate of drug-likeness (QED) is 0.452. The largest absolute Gasteiger partial charge is 0.352 e. The van der Waals surface area contributed by atoms with Gasteiger partial charge in [0.25, 0.3) is 0 Å². The average Bonchev–Trinajstić information content (AvgIpc) is 1.85. The minimum Gasteiger partial charge on any atom is -0.352 e. The molecule has 1 aliphatic heterocycles. The number of hydrogen-bond acceptors (Lipinski definition) is 2. The van der Waals surface area contributed by atoms with Crippen molar-refractivity contribution in [2.24, 2.45) is 0 Å². The van der Waals surface area contributed by atoms with Gasteiger partial charge in [-0.05, 0) is 6.92 Å². The number of nitrogens with one attached hydrogen (secondary N) is 1. The summed E-state index contributed by atoms with van der Waals surface area (Å²) in [7, 11) is 0. The van der Waals surface area contributed by atoms with Gasteiger partial charge in [-0.2, -0.15) is 12.6 Å². The standard InChI is InChI=1S/C5H9NOS/c1-3-4(8)2-5(7)6-3/h3-4,8H,2H2,1H3,(H,6,7)/t3-,4-/m1/s1. The summed E-state index contributed by atoms with van der Waals surface area (Å²) in [6.07, 6.45) is 0.574. The van der Waals surface area contributed by atoms with Crippen molar-refractivity contribution < 1.29 is 4.79 Å². The highest BCUT2D eigenvalue weighted by Gasteiger charge is 2.24. The third-order valence-electron chi connectivity index (χ3n) is 1.36. The maximum atomic E-state index is 10.5. The summed E-state index contributed by atoms with van der Waals surface area (Å²) in [6, 6.07) is 0.255. The highest BCUT2D eigenvalue weighted by Crippen LogP contribution is 2.12. The van der Waals surface area contributed by atoms with Gasteiger partial charge in [-0.15, -0.1) is 0 Å². The molecule has 0 radical (unpaired) electrons. The molecule has 1 saturated heterocycles. The molecule has 0 unspecified atom stereocenters. The molecule has 1 heterocycles. The molecule has 0 aromatic heterocycles. The summed E-state index contributed by atoms with van der Waals surface area (Å²) in [5.41, 5.74) is 0. The van der Waals surface area contributed by atoms with Crippen LogP contribution in [-0.2, 0) is 4.79 Å². The Hall–Kier alpha value is -0.180. The van der Waals surface area contributed by atoms with Gasteiger partial charge in [0, 0.05) is 17.7 Å². The van der Waals surface area contributed by atoms with Crippen molar-refractivity contribution in [3.8, 4) is 0 Å². The molecule has 0 aromatic carbocycles. The van der Waals surface area contributed by atoms with Gasteiger partial charge in [-0.3, -0.25) is 4.79 Å². The molecule has 1 rings (SSSR count). The van der Waals surface area contributed by atoms with E-state index in [4.69, 9.17) is 0 Å². The molecule has 1 N–H and O–H groups in total. The Morgan fingerprint density at radius 1 is 1.88 bits per heavy atom. The fourth-order valence-electron chi connectivity index (χ4n) is 0.776. The predicted octanol–water partition coefficient (Wildman–Crippen LogP) is 0.193. The number of carbonyl (C=O) groups is 1. The molecule has 8 heavy (non-hydrogen) atoms. The topological polar surface area (TPSA) is 29.1 Å². The molecular formula is C5H9NOS. The molecule has 2 atom stereocenters. The van der Waals surface area contributed by atoms with Gasteiger partial charge >= 0.3 is 0 Å². The summed E-state index contributed by atoms with van der Waals surface area (Å²) in [5, 5.41) is 2.98. The Morgan fingerprint density at radius 3 is 2.62 bits per heavy atom. The predicted molar refractivity (Wildman–Crippen MR) is 35.0 cm³/mol. The Balaban J connectivity index is 2.51. The molecule has 0 aromatic rings. The first kappa shape index (κ1) is 5.95. The van der Waals surface area contributed by atoms with Crippen LogP contribution in [0.1, 0.15) is 13.3 Å². The van der Waals surface area contributed by atoms with Crippen LogP contribution in [0.3, 0.4) is 0 Å². The van der Waals surface area contributed by atoms with Crippen LogP contribution in [0.15, 0.2) is 0 Å². The SMILES string of the molecule is C[C@H]1NC(=O)C[C@H]1S. The lowest BCUT2D eigenvalue weighted by Crippen LogP contribution is -2.25. The first-order valence-corrected chi connectivity index (χ1v) is 3.19. The molecule has 0 spiro atoms. The first-order valence-electron chi connectivity index (χ1n) is 2.67. The number of amides is 1. The Labute approximate surface area is 54.1 Å². The van der Waals surface area contributed by atoms with E-state index in [-0.39, 0.29) is 17.2 Å². The van der Waals surface area contributed by atoms with E-state index in [0.29, 0.717) is 6.42 Å². The van der Waals surface area contributed by atoms with E-state index >= 15 is 0 Å². The molecule has 0 saturated carbocycles. The molecule has 1 fully saturated rings. The first-order chi connectivity index (χ1) is 3.70. The fraction of sp³-hybridized carbons (Fsp3) is 0.800. The number of thiol groups is 1. The third kappa shape index (κ3) is 0.968. The minimum atomic E-state index is 0.123. The van der Waals surface area contributed by atoms with Gasteiger partial charge < -0.3 is 5.32 Å². The van der Waals surface area contributed by atoms with Gasteiger partial charge in [0.05, 0.1) is 0 Å². The Morgan fingerprint density at radius 2 is 2.50 bits per heavy atom. The van der Waals surface area contributed by atoms with E-state index < -0.39 is 0 Å². The maximum absolute atomic E-state index is 10.5. The zero-order valence-electron chi connectivity index (χ0n) is 4.72. The van der Waals surface area contributed by atoms with Crippen molar-refractivity contribution in [3.05, 3.63) is 0 Å². The monoisotopic (exact) mass is 131 g/mol. The molecule has 46 valence electrons. The van der Waals surface area contributed by atoms with Crippen molar-refractivity contribution in [2.45, 2.75) is 24.6 Å². The summed E-state index contributed by atoms with van der Waals surface area (Å²) in [6.45, 7) is 1.96. The number of rotatable bonds is 0. The van der Waals surface area contributed by atoms with Crippen molar-refractivity contribution in [3.63, 3.8) is 0 Å². The normalized spacial score (nSPS) is 37.5. The summed E-state index contributed by atoms with van der Waals surface area (Å²) in [4.78, 5) is 10.5. The van der Waals surface area contributed by atoms with Gasteiger partial charge in [-0.1, -0.05) is 0 Å². The van der Waals surface area contributed by atoms with Crippen molar-refractivity contribution >= 4 is 18.5 Å². The van der Waals surface area contributed by atoms with Crippen LogP contribution in [0.2, 0.25) is 0 Å². The zero-order chi connectivity index (χ0) is 6.15. The number of carbonyl (C=O) groups excluding carboxylic acids is 1. The average molecular weight is 131 g/mol. The van der Waals surface area contributed by atoms with Crippen LogP contribution in [0.5, 0.6) is 0 Å². The number of hydrogen-bond donors (Lipinski definition) is 2. The second kappa shape index (κ2) is 1.97. The van der Waals surface area contributed by atoms with Gasteiger partial charge in [0.1, 0.15) is 0 Å². The van der Waals surface area contributed by atoms with Crippen molar-refractivity contribution in [1.29, 1.82) is 0 Å². The van der Waals surface area contributed by atoms with E-state index in [9.17, 15) is 4.79 Å². The molecule has 2 nitrogen and oxygen atoms in total. The minimum absolute atomic E-state index is 0.123. The lowest BCUT2D eigenvalue weighted by Gasteiger charge is -2.04. The fourth-order valence-corrected chi connectivity index (χ4v) is 1.02. The molecule has 0 aliphatic carbocycles. The van der Waals surface area contributed by atoms with Gasteiger partial charge in [0.2, 0.25) is 5.91 Å². The van der Waals surface area contributed by atoms with E-state index in [1.54, 1.807) is 0 Å². The molecule has 3 heteroatoms. The van der Waals surface area contributed by atoms with Crippen LogP contribution in [0.4, 0.5) is 0 Å².